The minimum atomic E-state index is -0.0489. The normalized spacial score (nSPS) is 10.8. The molecule has 0 saturated carbocycles. The molecule has 0 fully saturated rings. The van der Waals surface area contributed by atoms with E-state index in [1.807, 2.05) is 42.5 Å². The Balaban J connectivity index is 1.57. The smallest absolute Gasteiger partial charge is 0.224 e. The van der Waals surface area contributed by atoms with Gasteiger partial charge in [-0.1, -0.05) is 56.3 Å². The highest BCUT2D eigenvalue weighted by Crippen LogP contribution is 2.23. The molecule has 4 nitrogen and oxygen atoms in total. The molecule has 1 aromatic heterocycles. The van der Waals surface area contributed by atoms with E-state index in [-0.39, 0.29) is 5.91 Å². The highest BCUT2D eigenvalue weighted by molar-refractivity contribution is 5.90. The zero-order valence-corrected chi connectivity index (χ0v) is 14.5. The fraction of sp³-hybridized carbons (Fsp3) is 0.238. The van der Waals surface area contributed by atoms with E-state index in [1.54, 1.807) is 6.20 Å². The summed E-state index contributed by atoms with van der Waals surface area (Å²) in [5.41, 5.74) is 3.09. The van der Waals surface area contributed by atoms with Crippen LogP contribution in [-0.2, 0) is 11.2 Å². The molecular formula is C21H22N2O2. The third-order valence-electron chi connectivity index (χ3n) is 4.04. The van der Waals surface area contributed by atoms with Gasteiger partial charge in [-0.15, -0.1) is 0 Å². The van der Waals surface area contributed by atoms with Crippen LogP contribution < -0.4 is 5.32 Å². The third-order valence-corrected chi connectivity index (χ3v) is 4.04. The Bertz CT molecular complexity index is 821. The molecule has 0 bridgehead atoms. The van der Waals surface area contributed by atoms with E-state index in [1.165, 1.54) is 5.56 Å². The van der Waals surface area contributed by atoms with Gasteiger partial charge in [-0.05, 0) is 23.6 Å². The van der Waals surface area contributed by atoms with Crippen molar-refractivity contribution in [2.45, 2.75) is 32.6 Å². The quantitative estimate of drug-likeness (QED) is 0.687. The summed E-state index contributed by atoms with van der Waals surface area (Å²) in [4.78, 5) is 16.3. The van der Waals surface area contributed by atoms with Gasteiger partial charge in [-0.25, -0.2) is 4.98 Å². The van der Waals surface area contributed by atoms with Crippen molar-refractivity contribution in [1.29, 1.82) is 0 Å². The van der Waals surface area contributed by atoms with Crippen LogP contribution in [0.3, 0.4) is 0 Å². The van der Waals surface area contributed by atoms with E-state index in [4.69, 9.17) is 4.42 Å². The summed E-state index contributed by atoms with van der Waals surface area (Å²) in [5, 5.41) is 2.86. The average molecular weight is 334 g/mol. The van der Waals surface area contributed by atoms with Crippen molar-refractivity contribution in [2.24, 2.45) is 0 Å². The van der Waals surface area contributed by atoms with Crippen LogP contribution in [0.25, 0.3) is 11.3 Å². The molecule has 4 heteroatoms. The second kappa shape index (κ2) is 7.79. The molecule has 3 aromatic rings. The van der Waals surface area contributed by atoms with Crippen LogP contribution in [0, 0.1) is 0 Å². The van der Waals surface area contributed by atoms with Crippen molar-refractivity contribution in [1.82, 2.24) is 4.98 Å². The van der Waals surface area contributed by atoms with Crippen LogP contribution >= 0.6 is 0 Å². The van der Waals surface area contributed by atoms with Crippen molar-refractivity contribution in [3.05, 3.63) is 72.2 Å². The maximum absolute atomic E-state index is 12.0. The summed E-state index contributed by atoms with van der Waals surface area (Å²) in [6.45, 7) is 4.34. The number of nitrogens with one attached hydrogen (secondary N) is 1. The number of oxazole rings is 1. The first-order valence-electron chi connectivity index (χ1n) is 8.52. The van der Waals surface area contributed by atoms with Gasteiger partial charge in [0.25, 0.3) is 0 Å². The molecule has 0 radical (unpaired) electrons. The van der Waals surface area contributed by atoms with Crippen molar-refractivity contribution in [2.75, 3.05) is 5.32 Å². The molecule has 3 rings (SSSR count). The summed E-state index contributed by atoms with van der Waals surface area (Å²) in [6, 6.07) is 17.7. The molecule has 0 aliphatic carbocycles. The number of benzene rings is 2. The van der Waals surface area contributed by atoms with Gasteiger partial charge in [0.2, 0.25) is 5.91 Å². The zero-order chi connectivity index (χ0) is 17.6. The second-order valence-corrected chi connectivity index (χ2v) is 6.31. The molecule has 0 unspecified atom stereocenters. The average Bonchev–Trinajstić information content (AvgIpc) is 3.10. The maximum atomic E-state index is 12.0. The van der Waals surface area contributed by atoms with Crippen LogP contribution in [-0.4, -0.2) is 10.9 Å². The van der Waals surface area contributed by atoms with E-state index in [9.17, 15) is 4.79 Å². The molecule has 1 amide bonds. The SMILES string of the molecule is CC(C)c1ccc(-c2cnc(CCC(=O)Nc3ccccc3)o2)cc1. The summed E-state index contributed by atoms with van der Waals surface area (Å²) in [5.74, 6) is 1.76. The molecule has 0 aliphatic rings. The summed E-state index contributed by atoms with van der Waals surface area (Å²) >= 11 is 0. The Kier molecular flexibility index (Phi) is 5.29. The standard InChI is InChI=1S/C21H22N2O2/c1-15(2)16-8-10-17(11-9-16)19-14-22-21(25-19)13-12-20(24)23-18-6-4-3-5-7-18/h3-11,14-15H,12-13H2,1-2H3,(H,23,24). The van der Waals surface area contributed by atoms with Crippen LogP contribution in [0.15, 0.2) is 65.2 Å². The van der Waals surface area contributed by atoms with E-state index in [2.05, 4.69) is 36.3 Å². The minimum absolute atomic E-state index is 0.0489. The highest BCUT2D eigenvalue weighted by Gasteiger charge is 2.10. The van der Waals surface area contributed by atoms with E-state index >= 15 is 0 Å². The van der Waals surface area contributed by atoms with Gasteiger partial charge >= 0.3 is 0 Å². The van der Waals surface area contributed by atoms with Gasteiger partial charge in [-0.3, -0.25) is 4.79 Å². The lowest BCUT2D eigenvalue weighted by molar-refractivity contribution is -0.116. The summed E-state index contributed by atoms with van der Waals surface area (Å²) in [6.07, 6.45) is 2.53. The number of rotatable bonds is 6. The molecular weight excluding hydrogens is 312 g/mol. The van der Waals surface area contributed by atoms with Gasteiger partial charge < -0.3 is 9.73 Å². The predicted molar refractivity (Wildman–Crippen MR) is 99.4 cm³/mol. The molecule has 0 spiro atoms. The molecule has 0 atom stereocenters. The number of anilines is 1. The van der Waals surface area contributed by atoms with Crippen molar-refractivity contribution in [3.8, 4) is 11.3 Å². The van der Waals surface area contributed by atoms with Crippen molar-refractivity contribution >= 4 is 11.6 Å². The van der Waals surface area contributed by atoms with Crippen LogP contribution in [0.4, 0.5) is 5.69 Å². The predicted octanol–water partition coefficient (Wildman–Crippen LogP) is 5.04. The molecule has 0 saturated heterocycles. The first-order chi connectivity index (χ1) is 12.1. The second-order valence-electron chi connectivity index (χ2n) is 6.31. The largest absolute Gasteiger partial charge is 0.441 e. The number of nitrogens with zero attached hydrogens (tertiary/aromatic N) is 1. The lowest BCUT2D eigenvalue weighted by Gasteiger charge is -2.05. The number of aromatic nitrogens is 1. The minimum Gasteiger partial charge on any atom is -0.441 e. The number of hydrogen-bond acceptors (Lipinski definition) is 3. The molecule has 1 heterocycles. The van der Waals surface area contributed by atoms with Crippen LogP contribution in [0.2, 0.25) is 0 Å². The van der Waals surface area contributed by atoms with Gasteiger partial charge in [0.05, 0.1) is 6.20 Å². The number of amides is 1. The number of hydrogen-bond donors (Lipinski definition) is 1. The molecule has 1 N–H and O–H groups in total. The van der Waals surface area contributed by atoms with Crippen LogP contribution in [0.1, 0.15) is 37.6 Å². The third kappa shape index (κ3) is 4.57. The van der Waals surface area contributed by atoms with Gasteiger partial charge in [0.1, 0.15) is 0 Å². The highest BCUT2D eigenvalue weighted by atomic mass is 16.4. The Labute approximate surface area is 147 Å². The van der Waals surface area contributed by atoms with Gasteiger partial charge in [0.15, 0.2) is 11.7 Å². The summed E-state index contributed by atoms with van der Waals surface area (Å²) in [7, 11) is 0. The van der Waals surface area contributed by atoms with Gasteiger partial charge in [0, 0.05) is 24.1 Å². The lowest BCUT2D eigenvalue weighted by Crippen LogP contribution is -2.12. The number of para-hydroxylation sites is 1. The van der Waals surface area contributed by atoms with Crippen molar-refractivity contribution < 1.29 is 9.21 Å². The topological polar surface area (TPSA) is 55.1 Å². The molecule has 25 heavy (non-hydrogen) atoms. The number of carbonyl (C=O) groups is 1. The number of carbonyl (C=O) groups excluding carboxylic acids is 1. The monoisotopic (exact) mass is 334 g/mol. The molecule has 2 aromatic carbocycles. The maximum Gasteiger partial charge on any atom is 0.224 e. The Morgan fingerprint density at radius 2 is 1.80 bits per heavy atom. The van der Waals surface area contributed by atoms with Gasteiger partial charge in [-0.2, -0.15) is 0 Å². The molecule has 128 valence electrons. The zero-order valence-electron chi connectivity index (χ0n) is 14.5. The first kappa shape index (κ1) is 17.0. The fourth-order valence-electron chi connectivity index (χ4n) is 2.56. The first-order valence-corrected chi connectivity index (χ1v) is 8.52. The number of aryl methyl sites for hydroxylation is 1. The Hall–Kier alpha value is -2.88. The summed E-state index contributed by atoms with van der Waals surface area (Å²) < 4.78 is 5.78. The van der Waals surface area contributed by atoms with E-state index in [0.29, 0.717) is 24.7 Å². The fourth-order valence-corrected chi connectivity index (χ4v) is 2.56. The van der Waals surface area contributed by atoms with Crippen molar-refractivity contribution in [3.63, 3.8) is 0 Å². The van der Waals surface area contributed by atoms with E-state index < -0.39 is 0 Å². The lowest BCUT2D eigenvalue weighted by atomic mass is 10.0. The van der Waals surface area contributed by atoms with Crippen LogP contribution in [0.5, 0.6) is 0 Å². The Morgan fingerprint density at radius 1 is 1.08 bits per heavy atom. The van der Waals surface area contributed by atoms with E-state index in [0.717, 1.165) is 17.0 Å². The Morgan fingerprint density at radius 3 is 2.48 bits per heavy atom. The molecule has 0 aliphatic heterocycles.